The highest BCUT2D eigenvalue weighted by Gasteiger charge is 2.20. The van der Waals surface area contributed by atoms with Crippen molar-refractivity contribution in [3.05, 3.63) is 64.5 Å². The molecule has 0 aliphatic rings. The zero-order valence-corrected chi connectivity index (χ0v) is 12.9. The summed E-state index contributed by atoms with van der Waals surface area (Å²) in [7, 11) is 0. The highest BCUT2D eigenvalue weighted by molar-refractivity contribution is 9.10. The molecule has 0 unspecified atom stereocenters. The molecule has 5 nitrogen and oxygen atoms in total. The van der Waals surface area contributed by atoms with Crippen LogP contribution in [0.15, 0.2) is 53.3 Å². The number of benzene rings is 1. The topological polar surface area (TPSA) is 72.3 Å². The first-order valence-electron chi connectivity index (χ1n) is 6.51. The van der Waals surface area contributed by atoms with Gasteiger partial charge in [0.2, 0.25) is 0 Å². The second-order valence-electron chi connectivity index (χ2n) is 4.56. The number of hydrogen-bond acceptors (Lipinski definition) is 4. The maximum Gasteiger partial charge on any atom is 0.358 e. The maximum absolute atomic E-state index is 11.4. The van der Waals surface area contributed by atoms with Crippen molar-refractivity contribution in [3.63, 3.8) is 0 Å². The molecule has 0 bridgehead atoms. The number of halogens is 1. The molecule has 0 saturated heterocycles. The smallest absolute Gasteiger partial charge is 0.358 e. The van der Waals surface area contributed by atoms with Gasteiger partial charge in [-0.15, -0.1) is 0 Å². The predicted molar refractivity (Wildman–Crippen MR) is 85.0 cm³/mol. The number of carboxylic acid groups (broad SMARTS) is 1. The Labute approximate surface area is 134 Å². The molecule has 0 fully saturated rings. The van der Waals surface area contributed by atoms with Gasteiger partial charge < -0.3 is 9.84 Å². The molecule has 110 valence electrons. The van der Waals surface area contributed by atoms with E-state index in [1.807, 2.05) is 30.3 Å². The zero-order chi connectivity index (χ0) is 15.5. The van der Waals surface area contributed by atoms with Crippen molar-refractivity contribution in [3.8, 4) is 5.75 Å². The lowest BCUT2D eigenvalue weighted by Crippen LogP contribution is -2.08. The molecule has 0 spiro atoms. The van der Waals surface area contributed by atoms with Gasteiger partial charge in [0.1, 0.15) is 16.7 Å². The number of aromatic nitrogens is 2. The molecule has 2 heterocycles. The minimum Gasteiger partial charge on any atom is -0.484 e. The van der Waals surface area contributed by atoms with Crippen LogP contribution in [0.3, 0.4) is 0 Å². The van der Waals surface area contributed by atoms with E-state index in [9.17, 15) is 9.90 Å². The monoisotopic (exact) mass is 358 g/mol. The second-order valence-corrected chi connectivity index (χ2v) is 5.31. The van der Waals surface area contributed by atoms with Gasteiger partial charge >= 0.3 is 5.97 Å². The van der Waals surface area contributed by atoms with E-state index in [2.05, 4.69) is 25.9 Å². The number of fused-ring (bicyclic) bond motifs is 1. The fourth-order valence-corrected chi connectivity index (χ4v) is 2.58. The zero-order valence-electron chi connectivity index (χ0n) is 11.4. The van der Waals surface area contributed by atoms with E-state index in [0.29, 0.717) is 15.5 Å². The predicted octanol–water partition coefficient (Wildman–Crippen LogP) is 3.67. The third kappa shape index (κ3) is 2.78. The molecular formula is C16H11BrN2O3. The summed E-state index contributed by atoms with van der Waals surface area (Å²) in [6, 6.07) is 13.1. The lowest BCUT2D eigenvalue weighted by Gasteiger charge is -2.12. The summed E-state index contributed by atoms with van der Waals surface area (Å²) in [6.07, 6.45) is 1.59. The van der Waals surface area contributed by atoms with Crippen molar-refractivity contribution < 1.29 is 14.6 Å². The molecule has 0 saturated carbocycles. The van der Waals surface area contributed by atoms with Crippen molar-refractivity contribution in [2.45, 2.75) is 6.61 Å². The fraction of sp³-hybridized carbons (Fsp3) is 0.0625. The van der Waals surface area contributed by atoms with Gasteiger partial charge in [-0.1, -0.05) is 30.3 Å². The number of nitrogens with zero attached hydrogens (tertiary/aromatic N) is 2. The standard InChI is InChI=1S/C16H11BrN2O3/c17-15-11-7-4-8-18-12(11)14(13(19-15)16(20)21)22-9-10-5-2-1-3-6-10/h1-8H,9H2,(H,20,21). The number of aromatic carboxylic acids is 1. The van der Waals surface area contributed by atoms with Gasteiger partial charge in [-0.25, -0.2) is 9.78 Å². The van der Waals surface area contributed by atoms with Crippen LogP contribution in [0.2, 0.25) is 0 Å². The number of hydrogen-bond donors (Lipinski definition) is 1. The number of ether oxygens (including phenoxy) is 1. The number of carbonyl (C=O) groups is 1. The van der Waals surface area contributed by atoms with Crippen LogP contribution >= 0.6 is 15.9 Å². The minimum absolute atomic E-state index is 0.158. The third-order valence-electron chi connectivity index (χ3n) is 3.10. The van der Waals surface area contributed by atoms with Crippen molar-refractivity contribution in [2.75, 3.05) is 0 Å². The molecule has 1 aromatic carbocycles. The minimum atomic E-state index is -1.16. The summed E-state index contributed by atoms with van der Waals surface area (Å²) >= 11 is 3.28. The van der Waals surface area contributed by atoms with Gasteiger partial charge in [0.05, 0.1) is 0 Å². The van der Waals surface area contributed by atoms with E-state index >= 15 is 0 Å². The van der Waals surface area contributed by atoms with Gasteiger partial charge in [0.15, 0.2) is 11.4 Å². The van der Waals surface area contributed by atoms with Crippen molar-refractivity contribution in [1.29, 1.82) is 0 Å². The van der Waals surface area contributed by atoms with Crippen LogP contribution in [-0.4, -0.2) is 21.0 Å². The Morgan fingerprint density at radius 3 is 2.68 bits per heavy atom. The van der Waals surface area contributed by atoms with E-state index in [1.165, 1.54) is 0 Å². The average molecular weight is 359 g/mol. The molecule has 0 amide bonds. The van der Waals surface area contributed by atoms with Crippen LogP contribution in [0.4, 0.5) is 0 Å². The van der Waals surface area contributed by atoms with Crippen LogP contribution in [0, 0.1) is 0 Å². The summed E-state index contributed by atoms with van der Waals surface area (Å²) in [4.78, 5) is 19.7. The Hall–Kier alpha value is -2.47. The lowest BCUT2D eigenvalue weighted by atomic mass is 10.2. The fourth-order valence-electron chi connectivity index (χ4n) is 2.09. The molecule has 0 atom stereocenters. The molecule has 3 aromatic rings. The average Bonchev–Trinajstić information content (AvgIpc) is 2.55. The van der Waals surface area contributed by atoms with Gasteiger partial charge in [-0.3, -0.25) is 4.98 Å². The van der Waals surface area contributed by atoms with Crippen molar-refractivity contribution in [1.82, 2.24) is 9.97 Å². The summed E-state index contributed by atoms with van der Waals surface area (Å²) in [5.41, 5.74) is 1.25. The van der Waals surface area contributed by atoms with Crippen LogP contribution < -0.4 is 4.74 Å². The van der Waals surface area contributed by atoms with E-state index in [4.69, 9.17) is 4.74 Å². The Kier molecular flexibility index (Phi) is 4.02. The van der Waals surface area contributed by atoms with Crippen molar-refractivity contribution >= 4 is 32.8 Å². The largest absolute Gasteiger partial charge is 0.484 e. The van der Waals surface area contributed by atoms with E-state index in [-0.39, 0.29) is 18.1 Å². The van der Waals surface area contributed by atoms with Crippen LogP contribution in [0.1, 0.15) is 16.1 Å². The molecule has 6 heteroatoms. The second kappa shape index (κ2) is 6.11. The first-order valence-corrected chi connectivity index (χ1v) is 7.30. The lowest BCUT2D eigenvalue weighted by molar-refractivity contribution is 0.0685. The van der Waals surface area contributed by atoms with E-state index < -0.39 is 5.97 Å². The molecule has 0 aliphatic carbocycles. The molecule has 2 aromatic heterocycles. The van der Waals surface area contributed by atoms with Gasteiger partial charge in [0, 0.05) is 11.6 Å². The Balaban J connectivity index is 2.08. The van der Waals surface area contributed by atoms with Crippen molar-refractivity contribution in [2.24, 2.45) is 0 Å². The normalized spacial score (nSPS) is 10.6. The highest BCUT2D eigenvalue weighted by Crippen LogP contribution is 2.32. The van der Waals surface area contributed by atoms with Crippen LogP contribution in [-0.2, 0) is 6.61 Å². The third-order valence-corrected chi connectivity index (χ3v) is 3.70. The first kappa shape index (κ1) is 14.5. The molecule has 0 aliphatic heterocycles. The summed E-state index contributed by atoms with van der Waals surface area (Å²) in [6.45, 7) is 0.246. The Morgan fingerprint density at radius 1 is 1.18 bits per heavy atom. The highest BCUT2D eigenvalue weighted by atomic mass is 79.9. The molecule has 1 N–H and O–H groups in total. The van der Waals surface area contributed by atoms with E-state index in [0.717, 1.165) is 5.56 Å². The first-order chi connectivity index (χ1) is 10.7. The molecule has 22 heavy (non-hydrogen) atoms. The van der Waals surface area contributed by atoms with Crippen LogP contribution in [0.25, 0.3) is 10.9 Å². The van der Waals surface area contributed by atoms with E-state index in [1.54, 1.807) is 18.3 Å². The molecular weight excluding hydrogens is 348 g/mol. The summed E-state index contributed by atoms with van der Waals surface area (Å²) in [5, 5.41) is 10.1. The Morgan fingerprint density at radius 2 is 1.95 bits per heavy atom. The summed E-state index contributed by atoms with van der Waals surface area (Å²) < 4.78 is 6.16. The molecule has 3 rings (SSSR count). The SMILES string of the molecule is O=C(O)c1nc(Br)c2cccnc2c1OCc1ccccc1. The molecule has 0 radical (unpaired) electrons. The summed E-state index contributed by atoms with van der Waals surface area (Å²) in [5.74, 6) is -0.980. The van der Waals surface area contributed by atoms with Gasteiger partial charge in [-0.05, 0) is 33.6 Å². The maximum atomic E-state index is 11.4. The van der Waals surface area contributed by atoms with Gasteiger partial charge in [0.25, 0.3) is 0 Å². The quantitative estimate of drug-likeness (QED) is 0.720. The van der Waals surface area contributed by atoms with Crippen LogP contribution in [0.5, 0.6) is 5.75 Å². The van der Waals surface area contributed by atoms with Gasteiger partial charge in [-0.2, -0.15) is 0 Å². The Bertz CT molecular complexity index is 837. The number of rotatable bonds is 4. The number of pyridine rings is 2. The number of carboxylic acids is 1.